The van der Waals surface area contributed by atoms with Crippen molar-refractivity contribution in [1.82, 2.24) is 33.5 Å². The number of hydrogen-bond acceptors (Lipinski definition) is 10. The van der Waals surface area contributed by atoms with Crippen molar-refractivity contribution in [2.24, 2.45) is 0 Å². The topological polar surface area (TPSA) is 156 Å². The molecule has 2 aromatic heterocycles. The van der Waals surface area contributed by atoms with Gasteiger partial charge in [-0.15, -0.1) is 0 Å². The van der Waals surface area contributed by atoms with Gasteiger partial charge in [-0.3, -0.25) is 9.48 Å². The molecule has 0 saturated carbocycles. The minimum Gasteiger partial charge on any atom is -0.354 e. The molecule has 1 amide bonds. The molecule has 0 fully saturated rings. The van der Waals surface area contributed by atoms with Gasteiger partial charge in [0.1, 0.15) is 16.7 Å². The van der Waals surface area contributed by atoms with E-state index in [1.807, 2.05) is 18.2 Å². The van der Waals surface area contributed by atoms with E-state index in [1.165, 1.54) is 41.3 Å². The van der Waals surface area contributed by atoms with E-state index >= 15 is 0 Å². The normalized spacial score (nSPS) is 14.4. The van der Waals surface area contributed by atoms with Crippen LogP contribution in [0.4, 0.5) is 0 Å². The summed E-state index contributed by atoms with van der Waals surface area (Å²) >= 11 is 1.17. The van der Waals surface area contributed by atoms with Gasteiger partial charge in [0.05, 0.1) is 33.8 Å². The van der Waals surface area contributed by atoms with Crippen LogP contribution in [0.25, 0.3) is 11.0 Å². The third-order valence-corrected chi connectivity index (χ3v) is 10.0. The number of sulfone groups is 1. The third-order valence-electron chi connectivity index (χ3n) is 6.53. The molecule has 0 unspecified atom stereocenters. The van der Waals surface area contributed by atoms with E-state index in [1.54, 1.807) is 4.68 Å². The molecule has 2 aromatic carbocycles. The number of nitrogens with one attached hydrogen (secondary N) is 2. The van der Waals surface area contributed by atoms with Gasteiger partial charge in [-0.1, -0.05) is 12.1 Å². The van der Waals surface area contributed by atoms with Crippen LogP contribution >= 0.6 is 11.7 Å². The van der Waals surface area contributed by atoms with Crippen molar-refractivity contribution in [3.63, 3.8) is 0 Å². The highest BCUT2D eigenvalue weighted by molar-refractivity contribution is 7.91. The maximum absolute atomic E-state index is 13.4. The molecule has 5 rings (SSSR count). The summed E-state index contributed by atoms with van der Waals surface area (Å²) in [6, 6.07) is 11.2. The number of benzene rings is 2. The molecule has 0 radical (unpaired) electrons. The lowest BCUT2D eigenvalue weighted by atomic mass is 10.1. The molecule has 15 heteroatoms. The zero-order valence-electron chi connectivity index (χ0n) is 21.3. The minimum atomic E-state index is -4.01. The van der Waals surface area contributed by atoms with Gasteiger partial charge in [0.25, 0.3) is 5.91 Å². The molecule has 3 heterocycles. The Hall–Kier alpha value is -3.24. The summed E-state index contributed by atoms with van der Waals surface area (Å²) < 4.78 is 62.1. The van der Waals surface area contributed by atoms with Crippen molar-refractivity contribution < 1.29 is 21.6 Å². The summed E-state index contributed by atoms with van der Waals surface area (Å²) in [7, 11) is -6.08. The highest BCUT2D eigenvalue weighted by Gasteiger charge is 2.34. The first-order valence-corrected chi connectivity index (χ1v) is 16.2. The molecule has 1 aliphatic heterocycles. The van der Waals surface area contributed by atoms with Gasteiger partial charge in [-0.05, 0) is 35.9 Å². The van der Waals surface area contributed by atoms with E-state index < -0.39 is 19.9 Å². The number of carbonyl (C=O) groups excluding carboxylic acids is 1. The van der Waals surface area contributed by atoms with Crippen molar-refractivity contribution in [1.29, 1.82) is 0 Å². The maximum Gasteiger partial charge on any atom is 0.269 e. The zero-order valence-corrected chi connectivity index (χ0v) is 23.7. The smallest absolute Gasteiger partial charge is 0.269 e. The van der Waals surface area contributed by atoms with Gasteiger partial charge >= 0.3 is 0 Å². The van der Waals surface area contributed by atoms with Crippen LogP contribution in [0.5, 0.6) is 0 Å². The van der Waals surface area contributed by atoms with Crippen molar-refractivity contribution in [2.45, 2.75) is 35.8 Å². The molecule has 39 heavy (non-hydrogen) atoms. The largest absolute Gasteiger partial charge is 0.354 e. The van der Waals surface area contributed by atoms with E-state index in [-0.39, 0.29) is 28.8 Å². The van der Waals surface area contributed by atoms with Crippen LogP contribution in [0.15, 0.2) is 52.3 Å². The predicted octanol–water partition coefficient (Wildman–Crippen LogP) is 1.19. The number of rotatable bonds is 9. The molecular weight excluding hydrogens is 563 g/mol. The van der Waals surface area contributed by atoms with Crippen LogP contribution in [-0.4, -0.2) is 72.0 Å². The Balaban J connectivity index is 1.33. The lowest BCUT2D eigenvalue weighted by molar-refractivity contribution is 0.0950. The number of sulfonamides is 1. The highest BCUT2D eigenvalue weighted by Crippen LogP contribution is 2.28. The number of hydrogen-bond donors (Lipinski definition) is 2. The summed E-state index contributed by atoms with van der Waals surface area (Å²) in [5.41, 5.74) is 4.30. The quantitative estimate of drug-likeness (QED) is 0.274. The van der Waals surface area contributed by atoms with Gasteiger partial charge in [0, 0.05) is 51.5 Å². The lowest BCUT2D eigenvalue weighted by Crippen LogP contribution is -2.37. The molecule has 0 atom stereocenters. The van der Waals surface area contributed by atoms with Crippen molar-refractivity contribution in [3.05, 3.63) is 65.0 Å². The molecule has 1 aliphatic rings. The Kier molecular flexibility index (Phi) is 7.52. The van der Waals surface area contributed by atoms with Crippen molar-refractivity contribution in [3.8, 4) is 0 Å². The summed E-state index contributed by atoms with van der Waals surface area (Å²) in [6.07, 6.45) is 1.36. The van der Waals surface area contributed by atoms with Gasteiger partial charge in [-0.25, -0.2) is 16.8 Å². The second-order valence-corrected chi connectivity index (χ2v) is 13.7. The van der Waals surface area contributed by atoms with Crippen molar-refractivity contribution in [2.75, 3.05) is 26.4 Å². The van der Waals surface area contributed by atoms with E-state index in [2.05, 4.69) is 24.5 Å². The first-order chi connectivity index (χ1) is 18.6. The number of fused-ring (bicyclic) bond motifs is 2. The molecule has 0 bridgehead atoms. The minimum absolute atomic E-state index is 0.0430. The average molecular weight is 590 g/mol. The Morgan fingerprint density at radius 3 is 2.59 bits per heavy atom. The summed E-state index contributed by atoms with van der Waals surface area (Å²) in [5, 5.41) is 10.6. The van der Waals surface area contributed by atoms with Crippen LogP contribution in [-0.2, 0) is 45.9 Å². The van der Waals surface area contributed by atoms with Crippen LogP contribution in [0.2, 0.25) is 0 Å². The average Bonchev–Trinajstić information content (AvgIpc) is 3.53. The molecular formula is C24H27N7O5S3. The van der Waals surface area contributed by atoms with E-state index in [0.29, 0.717) is 43.0 Å². The van der Waals surface area contributed by atoms with Crippen LogP contribution in [0.3, 0.4) is 0 Å². The Bertz CT molecular complexity index is 1760. The number of aromatic nitrogens is 4. The molecule has 4 aromatic rings. The molecule has 0 aliphatic carbocycles. The molecule has 2 N–H and O–H groups in total. The fourth-order valence-electron chi connectivity index (χ4n) is 4.51. The summed E-state index contributed by atoms with van der Waals surface area (Å²) in [4.78, 5) is 12.7. The third kappa shape index (κ3) is 5.58. The number of carbonyl (C=O) groups is 1. The molecule has 0 saturated heterocycles. The van der Waals surface area contributed by atoms with E-state index in [9.17, 15) is 21.6 Å². The molecule has 12 nitrogen and oxygen atoms in total. The SMILES string of the molecule is CNC(=O)c1c2c(nn1CCNCc1ccc3nsnc3c1)CCN(S(=O)(=O)c1cccc(S(C)(=O)=O)c1)C2. The zero-order chi connectivity index (χ0) is 27.8. The molecule has 206 valence electrons. The highest BCUT2D eigenvalue weighted by atomic mass is 32.2. The fraction of sp³-hybridized carbons (Fsp3) is 0.333. The summed E-state index contributed by atoms with van der Waals surface area (Å²) in [6.45, 7) is 1.65. The first-order valence-electron chi connectivity index (χ1n) is 12.1. The van der Waals surface area contributed by atoms with Crippen LogP contribution in [0.1, 0.15) is 27.3 Å². The monoisotopic (exact) mass is 589 g/mol. The van der Waals surface area contributed by atoms with Gasteiger partial charge in [-0.2, -0.15) is 18.2 Å². The van der Waals surface area contributed by atoms with E-state index in [4.69, 9.17) is 0 Å². The molecule has 0 spiro atoms. The van der Waals surface area contributed by atoms with E-state index in [0.717, 1.165) is 28.9 Å². The van der Waals surface area contributed by atoms with Crippen LogP contribution < -0.4 is 10.6 Å². The lowest BCUT2D eigenvalue weighted by Gasteiger charge is -2.26. The van der Waals surface area contributed by atoms with Gasteiger partial charge in [0.2, 0.25) is 10.0 Å². The van der Waals surface area contributed by atoms with Gasteiger partial charge in [0.15, 0.2) is 9.84 Å². The second kappa shape index (κ2) is 10.7. The predicted molar refractivity (Wildman–Crippen MR) is 146 cm³/mol. The summed E-state index contributed by atoms with van der Waals surface area (Å²) in [5.74, 6) is -0.358. The maximum atomic E-state index is 13.4. The Morgan fingerprint density at radius 1 is 1.05 bits per heavy atom. The Labute approximate surface area is 230 Å². The fourth-order valence-corrected chi connectivity index (χ4v) is 7.22. The number of amides is 1. The number of nitrogens with zero attached hydrogens (tertiary/aromatic N) is 5. The Morgan fingerprint density at radius 2 is 1.82 bits per heavy atom. The second-order valence-electron chi connectivity index (χ2n) is 9.18. The first kappa shape index (κ1) is 27.3. The van der Waals surface area contributed by atoms with Crippen molar-refractivity contribution >= 4 is 48.5 Å². The van der Waals surface area contributed by atoms with Crippen LogP contribution in [0, 0.1) is 0 Å². The van der Waals surface area contributed by atoms with Gasteiger partial charge < -0.3 is 10.6 Å². The standard InChI is InChI=1S/C24H27N7O5S3/c1-25-24(32)23-19-15-30(39(35,36)18-5-3-4-17(13-18)38(2,33)34)10-8-20(19)27-31(23)11-9-26-14-16-6-7-21-22(12-16)29-37-28-21/h3-7,12-13,26H,8-11,14-15H2,1-2H3,(H,25,32).